The number of carbonyl (C=O) groups excluding carboxylic acids is 2. The van der Waals surface area contributed by atoms with Gasteiger partial charge in [-0.05, 0) is 54.4 Å². The zero-order valence-corrected chi connectivity index (χ0v) is 15.4. The summed E-state index contributed by atoms with van der Waals surface area (Å²) in [7, 11) is 0. The van der Waals surface area contributed by atoms with Crippen LogP contribution < -0.4 is 15.4 Å². The molecule has 28 heavy (non-hydrogen) atoms. The minimum Gasteiger partial charge on any atom is -0.486 e. The largest absolute Gasteiger partial charge is 0.486 e. The molecular weight excluding hydrogens is 383 g/mol. The van der Waals surface area contributed by atoms with Crippen LogP contribution in [0.2, 0.25) is 0 Å². The van der Waals surface area contributed by atoms with Crippen LogP contribution in [-0.4, -0.2) is 28.6 Å². The average Bonchev–Trinajstić information content (AvgIpc) is 3.17. The average molecular weight is 398 g/mol. The Hall–Kier alpha value is -3.33. The second-order valence-electron chi connectivity index (χ2n) is 6.08. The minimum atomic E-state index is -0.421. The lowest BCUT2D eigenvalue weighted by molar-refractivity contribution is 0.0945. The molecule has 0 spiro atoms. The highest BCUT2D eigenvalue weighted by molar-refractivity contribution is 7.13. The number of anilines is 1. The summed E-state index contributed by atoms with van der Waals surface area (Å²) >= 11 is 1.11. The van der Waals surface area contributed by atoms with Gasteiger partial charge < -0.3 is 15.4 Å². The summed E-state index contributed by atoms with van der Waals surface area (Å²) in [5.41, 5.74) is 2.07. The Balaban J connectivity index is 1.38. The number of rotatable bonds is 5. The molecule has 0 saturated heterocycles. The van der Waals surface area contributed by atoms with Crippen LogP contribution in [0.5, 0.6) is 5.75 Å². The van der Waals surface area contributed by atoms with Gasteiger partial charge in [-0.25, -0.2) is 4.39 Å². The van der Waals surface area contributed by atoms with Gasteiger partial charge in [0.15, 0.2) is 5.01 Å². The van der Waals surface area contributed by atoms with E-state index >= 15 is 0 Å². The molecule has 0 saturated carbocycles. The summed E-state index contributed by atoms with van der Waals surface area (Å²) in [6, 6.07) is 10.8. The molecule has 2 aromatic carbocycles. The standard InChI is InChI=1S/C19H15FN4O3S/c20-12-1-3-13(4-2-12)22-18(26)19-24-23-16(28-19)10-27-14-5-6-15-11(9-14)7-8-21-17(15)25/h1-6,9H,7-8,10H2,(H,21,25)(H,22,26). The molecule has 0 atom stereocenters. The zero-order chi connectivity index (χ0) is 19.5. The first-order valence-electron chi connectivity index (χ1n) is 8.52. The first-order chi connectivity index (χ1) is 13.6. The number of hydrogen-bond donors (Lipinski definition) is 2. The van der Waals surface area contributed by atoms with Gasteiger partial charge >= 0.3 is 0 Å². The van der Waals surface area contributed by atoms with Crippen molar-refractivity contribution in [3.05, 3.63) is 69.4 Å². The van der Waals surface area contributed by atoms with Gasteiger partial charge in [0.2, 0.25) is 5.01 Å². The van der Waals surface area contributed by atoms with Gasteiger partial charge in [0.05, 0.1) is 0 Å². The monoisotopic (exact) mass is 398 g/mol. The maximum absolute atomic E-state index is 12.9. The van der Waals surface area contributed by atoms with E-state index in [9.17, 15) is 14.0 Å². The first-order valence-corrected chi connectivity index (χ1v) is 9.33. The van der Waals surface area contributed by atoms with Crippen LogP contribution in [0, 0.1) is 5.82 Å². The van der Waals surface area contributed by atoms with E-state index in [1.165, 1.54) is 24.3 Å². The van der Waals surface area contributed by atoms with Crippen LogP contribution in [0.1, 0.15) is 30.7 Å². The SMILES string of the molecule is O=C(Nc1ccc(F)cc1)c1nnc(COc2ccc3c(c2)CCNC3=O)s1. The summed E-state index contributed by atoms with van der Waals surface area (Å²) in [6.45, 7) is 0.769. The minimum absolute atomic E-state index is 0.0752. The van der Waals surface area contributed by atoms with E-state index in [0.717, 1.165) is 23.3 Å². The normalized spacial score (nSPS) is 12.8. The van der Waals surface area contributed by atoms with Gasteiger partial charge in [-0.2, -0.15) is 0 Å². The predicted molar refractivity (Wildman–Crippen MR) is 101 cm³/mol. The van der Waals surface area contributed by atoms with Crippen molar-refractivity contribution in [2.75, 3.05) is 11.9 Å². The van der Waals surface area contributed by atoms with Crippen molar-refractivity contribution in [1.82, 2.24) is 15.5 Å². The molecule has 9 heteroatoms. The van der Waals surface area contributed by atoms with E-state index in [1.807, 2.05) is 6.07 Å². The second kappa shape index (κ2) is 7.73. The van der Waals surface area contributed by atoms with Crippen LogP contribution in [0.25, 0.3) is 0 Å². The molecule has 0 radical (unpaired) electrons. The van der Waals surface area contributed by atoms with Crippen molar-refractivity contribution >= 4 is 28.8 Å². The fourth-order valence-electron chi connectivity index (χ4n) is 2.76. The Morgan fingerprint density at radius 2 is 2.04 bits per heavy atom. The van der Waals surface area contributed by atoms with Crippen LogP contribution >= 0.6 is 11.3 Å². The molecule has 4 rings (SSSR count). The molecule has 0 fully saturated rings. The number of ether oxygens (including phenoxy) is 1. The molecule has 0 aliphatic carbocycles. The second-order valence-corrected chi connectivity index (χ2v) is 7.14. The molecule has 0 bridgehead atoms. The molecule has 3 aromatic rings. The van der Waals surface area contributed by atoms with E-state index in [0.29, 0.717) is 28.6 Å². The number of nitrogens with one attached hydrogen (secondary N) is 2. The fourth-order valence-corrected chi connectivity index (χ4v) is 3.41. The number of nitrogens with zero attached hydrogens (tertiary/aromatic N) is 2. The van der Waals surface area contributed by atoms with Gasteiger partial charge in [-0.1, -0.05) is 11.3 Å². The van der Waals surface area contributed by atoms with Gasteiger partial charge in [0.25, 0.3) is 11.8 Å². The van der Waals surface area contributed by atoms with E-state index < -0.39 is 5.91 Å². The smallest absolute Gasteiger partial charge is 0.286 e. The van der Waals surface area contributed by atoms with Crippen molar-refractivity contribution in [1.29, 1.82) is 0 Å². The third kappa shape index (κ3) is 3.99. The van der Waals surface area contributed by atoms with Crippen LogP contribution in [-0.2, 0) is 13.0 Å². The summed E-state index contributed by atoms with van der Waals surface area (Å²) in [5.74, 6) is -0.249. The number of benzene rings is 2. The number of aromatic nitrogens is 2. The van der Waals surface area contributed by atoms with E-state index in [2.05, 4.69) is 20.8 Å². The maximum atomic E-state index is 12.9. The van der Waals surface area contributed by atoms with Crippen molar-refractivity contribution < 1.29 is 18.7 Å². The van der Waals surface area contributed by atoms with Gasteiger partial charge in [-0.15, -0.1) is 10.2 Å². The summed E-state index contributed by atoms with van der Waals surface area (Å²) in [4.78, 5) is 24.0. The zero-order valence-electron chi connectivity index (χ0n) is 14.6. The third-order valence-electron chi connectivity index (χ3n) is 4.13. The quantitative estimate of drug-likeness (QED) is 0.689. The molecule has 142 valence electrons. The summed E-state index contributed by atoms with van der Waals surface area (Å²) < 4.78 is 18.6. The molecule has 0 unspecified atom stereocenters. The number of hydrogen-bond acceptors (Lipinski definition) is 6. The van der Waals surface area contributed by atoms with Gasteiger partial charge in [-0.3, -0.25) is 9.59 Å². The van der Waals surface area contributed by atoms with Crippen molar-refractivity contribution in [3.8, 4) is 5.75 Å². The Morgan fingerprint density at radius 3 is 2.86 bits per heavy atom. The highest BCUT2D eigenvalue weighted by Crippen LogP contribution is 2.22. The van der Waals surface area contributed by atoms with Crippen molar-refractivity contribution in [2.45, 2.75) is 13.0 Å². The van der Waals surface area contributed by atoms with E-state index in [4.69, 9.17) is 4.74 Å². The van der Waals surface area contributed by atoms with Crippen molar-refractivity contribution in [3.63, 3.8) is 0 Å². The number of fused-ring (bicyclic) bond motifs is 1. The first kappa shape index (κ1) is 18.1. The summed E-state index contributed by atoms with van der Waals surface area (Å²) in [5, 5.41) is 14.0. The fraction of sp³-hybridized carbons (Fsp3) is 0.158. The number of carbonyl (C=O) groups is 2. The highest BCUT2D eigenvalue weighted by Gasteiger charge is 2.17. The Morgan fingerprint density at radius 1 is 1.21 bits per heavy atom. The topological polar surface area (TPSA) is 93.2 Å². The molecule has 2 N–H and O–H groups in total. The molecule has 1 aromatic heterocycles. The molecule has 1 aliphatic rings. The summed E-state index contributed by atoms with van der Waals surface area (Å²) in [6.07, 6.45) is 0.755. The molecule has 1 aliphatic heterocycles. The van der Waals surface area contributed by atoms with Crippen molar-refractivity contribution in [2.24, 2.45) is 0 Å². The van der Waals surface area contributed by atoms with Crippen LogP contribution in [0.4, 0.5) is 10.1 Å². The molecule has 2 amide bonds. The molecule has 7 nitrogen and oxygen atoms in total. The van der Waals surface area contributed by atoms with Crippen LogP contribution in [0.3, 0.4) is 0 Å². The molecule has 2 heterocycles. The maximum Gasteiger partial charge on any atom is 0.286 e. The Bertz CT molecular complexity index is 1040. The highest BCUT2D eigenvalue weighted by atomic mass is 32.1. The lowest BCUT2D eigenvalue weighted by Gasteiger charge is -2.17. The Labute approximate surface area is 163 Å². The molecular formula is C19H15FN4O3S. The third-order valence-corrected chi connectivity index (χ3v) is 5.02. The van der Waals surface area contributed by atoms with Gasteiger partial charge in [0.1, 0.15) is 18.2 Å². The van der Waals surface area contributed by atoms with Gasteiger partial charge in [0, 0.05) is 17.8 Å². The van der Waals surface area contributed by atoms with E-state index in [-0.39, 0.29) is 23.3 Å². The van der Waals surface area contributed by atoms with Crippen LogP contribution in [0.15, 0.2) is 42.5 Å². The number of amides is 2. The lowest BCUT2D eigenvalue weighted by Crippen LogP contribution is -2.31. The lowest BCUT2D eigenvalue weighted by atomic mass is 10.0. The Kier molecular flexibility index (Phi) is 4.98. The predicted octanol–water partition coefficient (Wildman–Crippen LogP) is 2.79. The number of halogens is 1. The van der Waals surface area contributed by atoms with E-state index in [1.54, 1.807) is 12.1 Å².